The number of hydrogen-bond acceptors (Lipinski definition) is 1. The number of hydrogen-bond donors (Lipinski definition) is 0. The van der Waals surface area contributed by atoms with Crippen molar-refractivity contribution in [1.82, 2.24) is 0 Å². The average Bonchev–Trinajstić information content (AvgIpc) is 1.68. The molecular weight excluding hydrogens is 132 g/mol. The first-order valence-electron chi connectivity index (χ1n) is 3.42. The second kappa shape index (κ2) is 8.14. The second-order valence-corrected chi connectivity index (χ2v) is 4.59. The van der Waals surface area contributed by atoms with Crippen LogP contribution in [0.5, 0.6) is 0 Å². The van der Waals surface area contributed by atoms with Gasteiger partial charge in [-0.05, 0) is 19.5 Å². The molecule has 2 N–H and O–H groups in total. The van der Waals surface area contributed by atoms with Crippen molar-refractivity contribution >= 4 is 9.04 Å². The Hall–Kier alpha value is 0.137. The minimum absolute atomic E-state index is 0. The van der Waals surface area contributed by atoms with Crippen LogP contribution < -0.4 is 0 Å². The molecule has 0 aromatic rings. The van der Waals surface area contributed by atoms with Crippen LogP contribution in [0.2, 0.25) is 12.6 Å². The van der Waals surface area contributed by atoms with Gasteiger partial charge in [0.2, 0.25) is 0 Å². The van der Waals surface area contributed by atoms with Gasteiger partial charge < -0.3 is 9.90 Å². The molecule has 2 nitrogen and oxygen atoms in total. The van der Waals surface area contributed by atoms with E-state index in [1.165, 1.54) is 12.5 Å². The molecule has 3 heteroatoms. The molecule has 0 aliphatic rings. The van der Waals surface area contributed by atoms with E-state index in [-0.39, 0.29) is 5.48 Å². The predicted octanol–water partition coefficient (Wildman–Crippen LogP) is 0.962. The minimum Gasteiger partial charge on any atom is -0.421 e. The summed E-state index contributed by atoms with van der Waals surface area (Å²) >= 11 is 0. The summed E-state index contributed by atoms with van der Waals surface area (Å²) < 4.78 is 5.42. The Morgan fingerprint density at radius 3 is 2.22 bits per heavy atom. The summed E-state index contributed by atoms with van der Waals surface area (Å²) in [6.07, 6.45) is 1.29. The van der Waals surface area contributed by atoms with Gasteiger partial charge >= 0.3 is 0 Å². The van der Waals surface area contributed by atoms with Gasteiger partial charge in [-0.15, -0.1) is 0 Å². The molecule has 0 aliphatic heterocycles. The third-order valence-corrected chi connectivity index (χ3v) is 3.44. The highest BCUT2D eigenvalue weighted by Crippen LogP contribution is 1.96. The third kappa shape index (κ3) is 8.14. The van der Waals surface area contributed by atoms with Crippen molar-refractivity contribution in [1.29, 1.82) is 0 Å². The summed E-state index contributed by atoms with van der Waals surface area (Å²) in [5, 5.41) is 0. The van der Waals surface area contributed by atoms with Crippen molar-refractivity contribution in [3.63, 3.8) is 0 Å². The van der Waals surface area contributed by atoms with E-state index in [9.17, 15) is 0 Å². The predicted molar refractivity (Wildman–Crippen MR) is 43.4 cm³/mol. The normalized spacial score (nSPS) is 12.3. The molecule has 1 atom stereocenters. The lowest BCUT2D eigenvalue weighted by molar-refractivity contribution is 0.345. The summed E-state index contributed by atoms with van der Waals surface area (Å²) in [6, 6.07) is 1.33. The smallest absolute Gasteiger partial charge is 0.173 e. The van der Waals surface area contributed by atoms with E-state index in [4.69, 9.17) is 4.43 Å². The molecule has 0 amide bonds. The van der Waals surface area contributed by atoms with E-state index in [1.54, 1.807) is 0 Å². The molecule has 0 aromatic heterocycles. The molecular formula is C6H18O2Si. The Kier molecular flexibility index (Phi) is 10.7. The highest BCUT2D eigenvalue weighted by Gasteiger charge is 1.98. The van der Waals surface area contributed by atoms with Gasteiger partial charge in [0.05, 0.1) is 0 Å². The molecule has 0 rings (SSSR count). The van der Waals surface area contributed by atoms with Crippen LogP contribution in [0.15, 0.2) is 0 Å². The van der Waals surface area contributed by atoms with Crippen LogP contribution in [-0.2, 0) is 4.43 Å². The van der Waals surface area contributed by atoms with Gasteiger partial charge in [0.1, 0.15) is 0 Å². The van der Waals surface area contributed by atoms with Gasteiger partial charge in [0.15, 0.2) is 9.04 Å². The summed E-state index contributed by atoms with van der Waals surface area (Å²) in [7, 11) is -0.702. The second-order valence-electron chi connectivity index (χ2n) is 2.05. The molecule has 0 heterocycles. The topological polar surface area (TPSA) is 40.7 Å². The molecule has 0 spiro atoms. The maximum Gasteiger partial charge on any atom is 0.173 e. The first kappa shape index (κ1) is 11.9. The summed E-state index contributed by atoms with van der Waals surface area (Å²) in [5.41, 5.74) is 0. The van der Waals surface area contributed by atoms with E-state index in [0.29, 0.717) is 0 Å². The quantitative estimate of drug-likeness (QED) is 0.550. The van der Waals surface area contributed by atoms with Crippen molar-refractivity contribution < 1.29 is 9.90 Å². The first-order valence-corrected chi connectivity index (χ1v) is 5.87. The Balaban J connectivity index is 0. The van der Waals surface area contributed by atoms with Gasteiger partial charge in [-0.2, -0.15) is 0 Å². The fraction of sp³-hybridized carbons (Fsp3) is 1.00. The van der Waals surface area contributed by atoms with E-state index in [0.717, 1.165) is 6.61 Å². The fourth-order valence-electron chi connectivity index (χ4n) is 0.774. The lowest BCUT2D eigenvalue weighted by atomic mass is 10.6. The van der Waals surface area contributed by atoms with Crippen LogP contribution in [-0.4, -0.2) is 21.1 Å². The molecule has 1 unspecified atom stereocenters. The van der Waals surface area contributed by atoms with Crippen molar-refractivity contribution in [2.45, 2.75) is 32.9 Å². The summed E-state index contributed by atoms with van der Waals surface area (Å²) in [6.45, 7) is 7.45. The Labute approximate surface area is 59.3 Å². The van der Waals surface area contributed by atoms with Gasteiger partial charge in [-0.3, -0.25) is 0 Å². The minimum atomic E-state index is -0.702. The molecule has 0 saturated heterocycles. The van der Waals surface area contributed by atoms with E-state index < -0.39 is 9.04 Å². The molecule has 0 aliphatic carbocycles. The van der Waals surface area contributed by atoms with E-state index in [1.807, 2.05) is 0 Å². The van der Waals surface area contributed by atoms with Crippen molar-refractivity contribution in [2.75, 3.05) is 6.61 Å². The van der Waals surface area contributed by atoms with Crippen LogP contribution in [0.1, 0.15) is 20.3 Å². The zero-order valence-electron chi connectivity index (χ0n) is 6.61. The highest BCUT2D eigenvalue weighted by atomic mass is 28.3. The SMILES string of the molecule is CCC[SiH](C)OCC.O. The highest BCUT2D eigenvalue weighted by molar-refractivity contribution is 6.50. The zero-order chi connectivity index (χ0) is 6.41. The van der Waals surface area contributed by atoms with E-state index in [2.05, 4.69) is 20.4 Å². The third-order valence-electron chi connectivity index (χ3n) is 1.15. The summed E-state index contributed by atoms with van der Waals surface area (Å²) in [4.78, 5) is 0. The van der Waals surface area contributed by atoms with Crippen molar-refractivity contribution in [2.24, 2.45) is 0 Å². The van der Waals surface area contributed by atoms with Crippen molar-refractivity contribution in [3.8, 4) is 0 Å². The first-order chi connectivity index (χ1) is 3.81. The maximum absolute atomic E-state index is 5.42. The van der Waals surface area contributed by atoms with E-state index >= 15 is 0 Å². The van der Waals surface area contributed by atoms with Gasteiger partial charge in [-0.25, -0.2) is 0 Å². The molecule has 0 fully saturated rings. The maximum atomic E-state index is 5.42. The molecule has 0 radical (unpaired) electrons. The molecule has 58 valence electrons. The lowest BCUT2D eigenvalue weighted by Gasteiger charge is -2.06. The number of rotatable bonds is 4. The van der Waals surface area contributed by atoms with Crippen LogP contribution in [0.3, 0.4) is 0 Å². The fourth-order valence-corrected chi connectivity index (χ4v) is 2.32. The van der Waals surface area contributed by atoms with Crippen LogP contribution in [0.25, 0.3) is 0 Å². The van der Waals surface area contributed by atoms with Gasteiger partial charge in [-0.1, -0.05) is 13.3 Å². The zero-order valence-corrected chi connectivity index (χ0v) is 7.76. The van der Waals surface area contributed by atoms with Gasteiger partial charge in [0.25, 0.3) is 0 Å². The Morgan fingerprint density at radius 2 is 1.89 bits per heavy atom. The monoisotopic (exact) mass is 150 g/mol. The molecule has 0 aromatic carbocycles. The van der Waals surface area contributed by atoms with Crippen LogP contribution >= 0.6 is 0 Å². The van der Waals surface area contributed by atoms with Crippen molar-refractivity contribution in [3.05, 3.63) is 0 Å². The molecule has 0 saturated carbocycles. The van der Waals surface area contributed by atoms with Crippen LogP contribution in [0, 0.1) is 0 Å². The Morgan fingerprint density at radius 1 is 1.33 bits per heavy atom. The average molecular weight is 150 g/mol. The summed E-state index contributed by atoms with van der Waals surface area (Å²) in [5.74, 6) is 0. The van der Waals surface area contributed by atoms with Gasteiger partial charge in [0, 0.05) is 6.61 Å². The Bertz CT molecular complexity index is 44.3. The molecule has 9 heavy (non-hydrogen) atoms. The molecule has 0 bridgehead atoms. The standard InChI is InChI=1S/C6H16OSi.H2O/c1-4-6-8(3)7-5-2;/h8H,4-6H2,1-3H3;1H2. The van der Waals surface area contributed by atoms with Crippen LogP contribution in [0.4, 0.5) is 0 Å². The lowest BCUT2D eigenvalue weighted by Crippen LogP contribution is -2.11. The largest absolute Gasteiger partial charge is 0.421 e.